The van der Waals surface area contributed by atoms with Gasteiger partial charge in [0.2, 0.25) is 5.76 Å². The summed E-state index contributed by atoms with van der Waals surface area (Å²) in [7, 11) is 1.56. The van der Waals surface area contributed by atoms with E-state index in [4.69, 9.17) is 9.15 Å². The molecule has 1 unspecified atom stereocenters. The van der Waals surface area contributed by atoms with Crippen LogP contribution >= 0.6 is 0 Å². The van der Waals surface area contributed by atoms with Gasteiger partial charge in [-0.25, -0.2) is 8.78 Å². The Balaban J connectivity index is 1.92. The average Bonchev–Trinajstić information content (AvgIpc) is 2.96. The third-order valence-electron chi connectivity index (χ3n) is 4.86. The second-order valence-corrected chi connectivity index (χ2v) is 6.61. The standard InChI is InChI=1S/C21H17F2NO4/c1-27-10-2-9-24-18(12-3-5-13(22)6-4-12)17-19(25)15-11-14(23)7-8-16(15)28-20(17)21(24)26/h3-8,11,18H,2,9-10H2,1H3. The molecule has 0 saturated heterocycles. The Labute approximate surface area is 159 Å². The molecular formula is C21H17F2NO4. The van der Waals surface area contributed by atoms with Gasteiger partial charge in [0.25, 0.3) is 5.91 Å². The number of carbonyl (C=O) groups is 1. The van der Waals surface area contributed by atoms with Crippen LogP contribution in [0.5, 0.6) is 0 Å². The van der Waals surface area contributed by atoms with Crippen molar-refractivity contribution in [3.63, 3.8) is 0 Å². The first-order valence-corrected chi connectivity index (χ1v) is 8.83. The Morgan fingerprint density at radius 1 is 1.07 bits per heavy atom. The number of halogens is 2. The minimum absolute atomic E-state index is 0.0594. The summed E-state index contributed by atoms with van der Waals surface area (Å²) in [6, 6.07) is 8.47. The average molecular weight is 385 g/mol. The zero-order valence-corrected chi connectivity index (χ0v) is 15.1. The lowest BCUT2D eigenvalue weighted by molar-refractivity contribution is 0.0708. The minimum atomic E-state index is -0.733. The first-order chi connectivity index (χ1) is 13.5. The summed E-state index contributed by atoms with van der Waals surface area (Å²) in [5.41, 5.74) is 0.406. The van der Waals surface area contributed by atoms with Crippen LogP contribution in [0.2, 0.25) is 0 Å². The van der Waals surface area contributed by atoms with Gasteiger partial charge < -0.3 is 14.1 Å². The van der Waals surface area contributed by atoms with Crippen LogP contribution in [-0.2, 0) is 4.74 Å². The van der Waals surface area contributed by atoms with E-state index in [1.54, 1.807) is 7.11 Å². The van der Waals surface area contributed by atoms with Crippen molar-refractivity contribution in [2.45, 2.75) is 12.5 Å². The number of hydrogen-bond acceptors (Lipinski definition) is 4. The molecule has 5 nitrogen and oxygen atoms in total. The van der Waals surface area contributed by atoms with E-state index in [0.29, 0.717) is 25.1 Å². The number of ether oxygens (including phenoxy) is 1. The van der Waals surface area contributed by atoms with E-state index >= 15 is 0 Å². The number of nitrogens with zero attached hydrogens (tertiary/aromatic N) is 1. The normalized spacial score (nSPS) is 16.0. The Morgan fingerprint density at radius 2 is 1.79 bits per heavy atom. The van der Waals surface area contributed by atoms with E-state index in [9.17, 15) is 18.4 Å². The molecule has 0 saturated carbocycles. The summed E-state index contributed by atoms with van der Waals surface area (Å²) in [6.07, 6.45) is 0.552. The van der Waals surface area contributed by atoms with Crippen molar-refractivity contribution in [3.8, 4) is 0 Å². The number of carbonyl (C=O) groups excluding carboxylic acids is 1. The Bertz CT molecular complexity index is 1110. The molecule has 1 atom stereocenters. The summed E-state index contributed by atoms with van der Waals surface area (Å²) in [5, 5.41) is 0.0670. The minimum Gasteiger partial charge on any atom is -0.450 e. The van der Waals surface area contributed by atoms with Gasteiger partial charge in [0.1, 0.15) is 17.2 Å². The van der Waals surface area contributed by atoms with E-state index in [-0.39, 0.29) is 22.3 Å². The highest BCUT2D eigenvalue weighted by molar-refractivity contribution is 5.99. The molecular weight excluding hydrogens is 368 g/mol. The van der Waals surface area contributed by atoms with E-state index in [2.05, 4.69) is 0 Å². The monoisotopic (exact) mass is 385 g/mol. The number of rotatable bonds is 5. The molecule has 1 aliphatic heterocycles. The molecule has 144 valence electrons. The lowest BCUT2D eigenvalue weighted by Gasteiger charge is -2.25. The maximum atomic E-state index is 13.7. The van der Waals surface area contributed by atoms with Crippen molar-refractivity contribution in [1.29, 1.82) is 0 Å². The zero-order valence-electron chi connectivity index (χ0n) is 15.1. The number of hydrogen-bond donors (Lipinski definition) is 0. The molecule has 7 heteroatoms. The molecule has 28 heavy (non-hydrogen) atoms. The fraction of sp³-hybridized carbons (Fsp3) is 0.238. The second-order valence-electron chi connectivity index (χ2n) is 6.61. The van der Waals surface area contributed by atoms with Crippen molar-refractivity contribution >= 4 is 16.9 Å². The Hall–Kier alpha value is -3.06. The molecule has 1 amide bonds. The molecule has 3 aromatic rings. The number of methoxy groups -OCH3 is 1. The van der Waals surface area contributed by atoms with Crippen LogP contribution in [0.15, 0.2) is 51.7 Å². The van der Waals surface area contributed by atoms with Crippen molar-refractivity contribution in [2.24, 2.45) is 0 Å². The lowest BCUT2D eigenvalue weighted by atomic mass is 9.98. The van der Waals surface area contributed by atoms with Crippen LogP contribution in [0.4, 0.5) is 8.78 Å². The summed E-state index contributed by atoms with van der Waals surface area (Å²) in [5.74, 6) is -1.48. The van der Waals surface area contributed by atoms with E-state index in [1.807, 2.05) is 0 Å². The Morgan fingerprint density at radius 3 is 2.50 bits per heavy atom. The quantitative estimate of drug-likeness (QED) is 0.629. The first-order valence-electron chi connectivity index (χ1n) is 8.83. The van der Waals surface area contributed by atoms with Gasteiger partial charge in [0.05, 0.1) is 17.0 Å². The number of benzene rings is 2. The molecule has 0 N–H and O–H groups in total. The Kier molecular flexibility index (Phi) is 4.68. The lowest BCUT2D eigenvalue weighted by Crippen LogP contribution is -2.31. The van der Waals surface area contributed by atoms with Gasteiger partial charge in [-0.2, -0.15) is 0 Å². The van der Waals surface area contributed by atoms with Crippen LogP contribution in [0, 0.1) is 11.6 Å². The van der Waals surface area contributed by atoms with Crippen LogP contribution in [0.1, 0.15) is 34.1 Å². The summed E-state index contributed by atoms with van der Waals surface area (Å²) in [6.45, 7) is 0.758. The molecule has 2 aromatic carbocycles. The predicted octanol–water partition coefficient (Wildman–Crippen LogP) is 3.65. The van der Waals surface area contributed by atoms with Crippen molar-refractivity contribution in [1.82, 2.24) is 4.90 Å². The van der Waals surface area contributed by atoms with Gasteiger partial charge in [-0.1, -0.05) is 12.1 Å². The van der Waals surface area contributed by atoms with Crippen molar-refractivity contribution in [3.05, 3.63) is 81.2 Å². The summed E-state index contributed by atoms with van der Waals surface area (Å²) < 4.78 is 37.8. The van der Waals surface area contributed by atoms with E-state index < -0.39 is 29.0 Å². The third kappa shape index (κ3) is 2.97. The first kappa shape index (κ1) is 18.3. The number of amides is 1. The smallest absolute Gasteiger partial charge is 0.290 e. The van der Waals surface area contributed by atoms with Gasteiger partial charge >= 0.3 is 0 Å². The largest absolute Gasteiger partial charge is 0.450 e. The molecule has 2 heterocycles. The molecule has 0 fully saturated rings. The maximum Gasteiger partial charge on any atom is 0.290 e. The van der Waals surface area contributed by atoms with Gasteiger partial charge in [0.15, 0.2) is 5.43 Å². The topological polar surface area (TPSA) is 59.8 Å². The fourth-order valence-electron chi connectivity index (χ4n) is 3.59. The van der Waals surface area contributed by atoms with Gasteiger partial charge in [-0.3, -0.25) is 9.59 Å². The molecule has 4 rings (SSSR count). The van der Waals surface area contributed by atoms with Crippen LogP contribution < -0.4 is 5.43 Å². The van der Waals surface area contributed by atoms with Crippen molar-refractivity contribution in [2.75, 3.05) is 20.3 Å². The van der Waals surface area contributed by atoms with Crippen LogP contribution in [0.3, 0.4) is 0 Å². The molecule has 0 radical (unpaired) electrons. The van der Waals surface area contributed by atoms with Crippen molar-refractivity contribution < 1.29 is 22.7 Å². The van der Waals surface area contributed by atoms with E-state index in [1.165, 1.54) is 41.3 Å². The second kappa shape index (κ2) is 7.16. The van der Waals surface area contributed by atoms with Gasteiger partial charge in [-0.05, 0) is 42.3 Å². The molecule has 1 aliphatic rings. The predicted molar refractivity (Wildman–Crippen MR) is 98.2 cm³/mol. The fourth-order valence-corrected chi connectivity index (χ4v) is 3.59. The van der Waals surface area contributed by atoms with Gasteiger partial charge in [-0.15, -0.1) is 0 Å². The number of fused-ring (bicyclic) bond motifs is 2. The molecule has 0 bridgehead atoms. The summed E-state index contributed by atoms with van der Waals surface area (Å²) >= 11 is 0. The molecule has 0 aliphatic carbocycles. The SMILES string of the molecule is COCCCN1C(=O)c2oc3ccc(F)cc3c(=O)c2C1c1ccc(F)cc1. The maximum absolute atomic E-state index is 13.7. The highest BCUT2D eigenvalue weighted by Gasteiger charge is 2.42. The van der Waals surface area contributed by atoms with Crippen LogP contribution in [0.25, 0.3) is 11.0 Å². The zero-order chi connectivity index (χ0) is 19.8. The highest BCUT2D eigenvalue weighted by atomic mass is 19.1. The summed E-state index contributed by atoms with van der Waals surface area (Å²) in [4.78, 5) is 27.7. The van der Waals surface area contributed by atoms with E-state index in [0.717, 1.165) is 6.07 Å². The molecule has 1 aromatic heterocycles. The van der Waals surface area contributed by atoms with Gasteiger partial charge in [0, 0.05) is 20.3 Å². The van der Waals surface area contributed by atoms with Crippen LogP contribution in [-0.4, -0.2) is 31.1 Å². The highest BCUT2D eigenvalue weighted by Crippen LogP contribution is 2.38. The third-order valence-corrected chi connectivity index (χ3v) is 4.86. The molecule has 0 spiro atoms.